The van der Waals surface area contributed by atoms with Gasteiger partial charge in [0.1, 0.15) is 0 Å². The standard InChI is InChI=1S/C19H22N2O/c1-22-15-19-3-2-14-21(19)18-8-6-16(7-9-18)4-5-17-10-12-20-13-11-17/h4-13,19H,2-3,14-15H2,1H3/b5-4+/t19-/m1/s1. The molecule has 1 aromatic carbocycles. The molecule has 1 atom stereocenters. The zero-order chi connectivity index (χ0) is 15.2. The van der Waals surface area contributed by atoms with Crippen LogP contribution in [-0.4, -0.2) is 31.3 Å². The van der Waals surface area contributed by atoms with Gasteiger partial charge in [0.05, 0.1) is 12.6 Å². The Morgan fingerprint density at radius 1 is 1.09 bits per heavy atom. The van der Waals surface area contributed by atoms with Crippen LogP contribution >= 0.6 is 0 Å². The lowest BCUT2D eigenvalue weighted by molar-refractivity contribution is 0.181. The quantitative estimate of drug-likeness (QED) is 0.837. The van der Waals surface area contributed by atoms with E-state index in [4.69, 9.17) is 4.74 Å². The summed E-state index contributed by atoms with van der Waals surface area (Å²) in [6.45, 7) is 1.93. The number of ether oxygens (including phenoxy) is 1. The average molecular weight is 294 g/mol. The van der Waals surface area contributed by atoms with Gasteiger partial charge in [-0.3, -0.25) is 4.98 Å². The molecule has 1 fully saturated rings. The zero-order valence-corrected chi connectivity index (χ0v) is 13.0. The molecule has 114 valence electrons. The van der Waals surface area contributed by atoms with E-state index in [-0.39, 0.29) is 0 Å². The second kappa shape index (κ2) is 7.23. The third-order valence-electron chi connectivity index (χ3n) is 4.14. The van der Waals surface area contributed by atoms with Crippen molar-refractivity contribution in [1.29, 1.82) is 0 Å². The van der Waals surface area contributed by atoms with Gasteiger partial charge < -0.3 is 9.64 Å². The Labute approximate surface area is 132 Å². The molecule has 22 heavy (non-hydrogen) atoms. The third kappa shape index (κ3) is 3.55. The van der Waals surface area contributed by atoms with E-state index in [0.717, 1.165) is 13.2 Å². The van der Waals surface area contributed by atoms with Crippen molar-refractivity contribution in [3.63, 3.8) is 0 Å². The number of pyridine rings is 1. The average Bonchev–Trinajstić information content (AvgIpc) is 3.03. The number of methoxy groups -OCH3 is 1. The number of aromatic nitrogens is 1. The summed E-state index contributed by atoms with van der Waals surface area (Å²) in [7, 11) is 1.78. The molecule has 0 aliphatic carbocycles. The molecular formula is C19H22N2O. The van der Waals surface area contributed by atoms with E-state index in [1.54, 1.807) is 7.11 Å². The number of hydrogen-bond donors (Lipinski definition) is 0. The van der Waals surface area contributed by atoms with Crippen LogP contribution in [0.25, 0.3) is 12.2 Å². The van der Waals surface area contributed by atoms with Crippen LogP contribution in [0.3, 0.4) is 0 Å². The van der Waals surface area contributed by atoms with Crippen LogP contribution in [0.1, 0.15) is 24.0 Å². The monoisotopic (exact) mass is 294 g/mol. The fraction of sp³-hybridized carbons (Fsp3) is 0.316. The molecule has 3 rings (SSSR count). The summed E-state index contributed by atoms with van der Waals surface area (Å²) in [5, 5.41) is 0. The van der Waals surface area contributed by atoms with E-state index in [2.05, 4.69) is 46.3 Å². The van der Waals surface area contributed by atoms with E-state index >= 15 is 0 Å². The highest BCUT2D eigenvalue weighted by Gasteiger charge is 2.24. The Bertz CT molecular complexity index is 607. The lowest BCUT2D eigenvalue weighted by atomic mass is 10.1. The van der Waals surface area contributed by atoms with Crippen molar-refractivity contribution in [2.24, 2.45) is 0 Å². The van der Waals surface area contributed by atoms with Crippen LogP contribution in [0.2, 0.25) is 0 Å². The first-order valence-corrected chi connectivity index (χ1v) is 7.80. The van der Waals surface area contributed by atoms with Gasteiger partial charge in [0.15, 0.2) is 0 Å². The minimum Gasteiger partial charge on any atom is -0.383 e. The van der Waals surface area contributed by atoms with E-state index in [1.165, 1.54) is 29.7 Å². The molecule has 0 bridgehead atoms. The Hall–Kier alpha value is -2.13. The minimum absolute atomic E-state index is 0.517. The second-order valence-electron chi connectivity index (χ2n) is 5.65. The molecule has 0 saturated carbocycles. The van der Waals surface area contributed by atoms with Crippen LogP contribution in [0.15, 0.2) is 48.8 Å². The topological polar surface area (TPSA) is 25.4 Å². The Morgan fingerprint density at radius 2 is 1.77 bits per heavy atom. The first-order chi connectivity index (χ1) is 10.9. The minimum atomic E-state index is 0.517. The molecule has 2 heterocycles. The molecule has 3 nitrogen and oxygen atoms in total. The van der Waals surface area contributed by atoms with Crippen LogP contribution in [0.4, 0.5) is 5.69 Å². The molecule has 2 aromatic rings. The lowest BCUT2D eigenvalue weighted by Crippen LogP contribution is -2.32. The maximum absolute atomic E-state index is 5.33. The number of hydrogen-bond acceptors (Lipinski definition) is 3. The van der Waals surface area contributed by atoms with Gasteiger partial charge in [0.25, 0.3) is 0 Å². The van der Waals surface area contributed by atoms with Crippen molar-refractivity contribution in [3.05, 3.63) is 59.9 Å². The van der Waals surface area contributed by atoms with Gasteiger partial charge in [0.2, 0.25) is 0 Å². The maximum atomic E-state index is 5.33. The molecule has 0 amide bonds. The van der Waals surface area contributed by atoms with Crippen molar-refractivity contribution in [2.75, 3.05) is 25.2 Å². The van der Waals surface area contributed by atoms with Gasteiger partial charge in [-0.25, -0.2) is 0 Å². The molecule has 0 spiro atoms. The van der Waals surface area contributed by atoms with Crippen molar-refractivity contribution in [1.82, 2.24) is 4.98 Å². The molecule has 0 N–H and O–H groups in total. The Kier molecular flexibility index (Phi) is 4.86. The summed E-state index contributed by atoms with van der Waals surface area (Å²) in [6, 6.07) is 13.3. The first-order valence-electron chi connectivity index (χ1n) is 7.80. The highest BCUT2D eigenvalue weighted by Crippen LogP contribution is 2.26. The smallest absolute Gasteiger partial charge is 0.0666 e. The molecule has 1 aliphatic rings. The van der Waals surface area contributed by atoms with E-state index in [0.29, 0.717) is 6.04 Å². The van der Waals surface area contributed by atoms with Gasteiger partial charge in [-0.2, -0.15) is 0 Å². The van der Waals surface area contributed by atoms with Crippen molar-refractivity contribution in [2.45, 2.75) is 18.9 Å². The predicted octanol–water partition coefficient (Wildman–Crippen LogP) is 3.87. The summed E-state index contributed by atoms with van der Waals surface area (Å²) in [5.41, 5.74) is 3.67. The number of nitrogens with zero attached hydrogens (tertiary/aromatic N) is 2. The third-order valence-corrected chi connectivity index (χ3v) is 4.14. The molecular weight excluding hydrogens is 272 g/mol. The highest BCUT2D eigenvalue weighted by molar-refractivity contribution is 5.70. The van der Waals surface area contributed by atoms with Gasteiger partial charge in [-0.05, 0) is 48.2 Å². The van der Waals surface area contributed by atoms with Gasteiger partial charge in [-0.15, -0.1) is 0 Å². The number of rotatable bonds is 5. The Morgan fingerprint density at radius 3 is 2.45 bits per heavy atom. The maximum Gasteiger partial charge on any atom is 0.0666 e. The summed E-state index contributed by atoms with van der Waals surface area (Å²) in [4.78, 5) is 6.49. The second-order valence-corrected chi connectivity index (χ2v) is 5.65. The van der Waals surface area contributed by atoms with Crippen molar-refractivity contribution in [3.8, 4) is 0 Å². The van der Waals surface area contributed by atoms with E-state index in [1.807, 2.05) is 24.5 Å². The largest absolute Gasteiger partial charge is 0.383 e. The summed E-state index contributed by atoms with van der Waals surface area (Å²) < 4.78 is 5.33. The van der Waals surface area contributed by atoms with Crippen LogP contribution in [0, 0.1) is 0 Å². The zero-order valence-electron chi connectivity index (χ0n) is 13.0. The summed E-state index contributed by atoms with van der Waals surface area (Å²) in [6.07, 6.45) is 10.3. The van der Waals surface area contributed by atoms with Gasteiger partial charge >= 0.3 is 0 Å². The molecule has 1 saturated heterocycles. The fourth-order valence-electron chi connectivity index (χ4n) is 2.99. The molecule has 1 aliphatic heterocycles. The van der Waals surface area contributed by atoms with Gasteiger partial charge in [-0.1, -0.05) is 24.3 Å². The van der Waals surface area contributed by atoms with Crippen molar-refractivity contribution < 1.29 is 4.74 Å². The lowest BCUT2D eigenvalue weighted by Gasteiger charge is -2.26. The first kappa shape index (κ1) is 14.8. The van der Waals surface area contributed by atoms with Crippen molar-refractivity contribution >= 4 is 17.8 Å². The molecule has 1 aromatic heterocycles. The molecule has 3 heteroatoms. The SMILES string of the molecule is COC[C@H]1CCCN1c1ccc(/C=C/c2ccncc2)cc1. The summed E-state index contributed by atoms with van der Waals surface area (Å²) in [5.74, 6) is 0. The fourth-order valence-corrected chi connectivity index (χ4v) is 2.99. The van der Waals surface area contributed by atoms with Crippen LogP contribution in [-0.2, 0) is 4.74 Å². The van der Waals surface area contributed by atoms with E-state index in [9.17, 15) is 0 Å². The Balaban J connectivity index is 1.69. The van der Waals surface area contributed by atoms with E-state index < -0.39 is 0 Å². The number of anilines is 1. The highest BCUT2D eigenvalue weighted by atomic mass is 16.5. The molecule has 0 radical (unpaired) electrons. The summed E-state index contributed by atoms with van der Waals surface area (Å²) >= 11 is 0. The predicted molar refractivity (Wildman–Crippen MR) is 91.9 cm³/mol. The van der Waals surface area contributed by atoms with Gasteiger partial charge in [0, 0.05) is 31.7 Å². The normalized spacial score (nSPS) is 18.2. The van der Waals surface area contributed by atoms with Crippen LogP contribution in [0.5, 0.6) is 0 Å². The van der Waals surface area contributed by atoms with Crippen LogP contribution < -0.4 is 4.90 Å². The number of benzene rings is 1. The molecule has 0 unspecified atom stereocenters.